The van der Waals surface area contributed by atoms with Crippen LogP contribution in [0.3, 0.4) is 0 Å². The minimum absolute atomic E-state index is 0.0996. The second kappa shape index (κ2) is 10.3. The van der Waals surface area contributed by atoms with Gasteiger partial charge in [0, 0.05) is 40.8 Å². The summed E-state index contributed by atoms with van der Waals surface area (Å²) in [6, 6.07) is 39.5. The Labute approximate surface area is 275 Å². The number of nitrogens with zero attached hydrogens (tertiary/aromatic N) is 2. The minimum Gasteiger partial charge on any atom is -0.377 e. The molecule has 0 radical (unpaired) electrons. The van der Waals surface area contributed by atoms with E-state index in [9.17, 15) is 0 Å². The molecule has 0 amide bonds. The van der Waals surface area contributed by atoms with Crippen LogP contribution in [0.5, 0.6) is 5.75 Å². The van der Waals surface area contributed by atoms with E-state index in [1.807, 2.05) is 41.7 Å². The van der Waals surface area contributed by atoms with Gasteiger partial charge in [0.2, 0.25) is 0 Å². The molecule has 2 aliphatic heterocycles. The number of aromatic nitrogens is 1. The smallest absolute Gasteiger partial charge is 0.164 e. The Hall–Kier alpha value is -5.87. The van der Waals surface area contributed by atoms with Gasteiger partial charge in [0.1, 0.15) is 0 Å². The number of para-hydroxylation sites is 1. The fraction of sp³-hybridized carbons (Fsp3) is 0.0930. The molecule has 0 saturated carbocycles. The van der Waals surface area contributed by atoms with Crippen molar-refractivity contribution in [2.24, 2.45) is 0 Å². The molecule has 3 aliphatic rings. The van der Waals surface area contributed by atoms with E-state index in [2.05, 4.69) is 134 Å². The molecule has 4 heteroatoms. The molecule has 1 aliphatic carbocycles. The normalized spacial score (nSPS) is 17.1. The molecule has 3 heterocycles. The number of fused-ring (bicyclic) bond motifs is 6. The quantitative estimate of drug-likeness (QED) is 0.217. The van der Waals surface area contributed by atoms with Crippen molar-refractivity contribution in [3.05, 3.63) is 169 Å². The van der Waals surface area contributed by atoms with Crippen molar-refractivity contribution in [3.8, 4) is 39.1 Å². The largest absolute Gasteiger partial charge is 0.377 e. The van der Waals surface area contributed by atoms with Gasteiger partial charge in [-0.25, -0.2) is 0 Å². The fourth-order valence-corrected chi connectivity index (χ4v) is 7.32. The topological polar surface area (TPSA) is 37.4 Å². The van der Waals surface area contributed by atoms with Crippen molar-refractivity contribution in [1.82, 2.24) is 15.4 Å². The van der Waals surface area contributed by atoms with E-state index < -0.39 is 0 Å². The molecular formula is C43H33N3O. The molecule has 4 nitrogen and oxygen atoms in total. The third-order valence-corrected chi connectivity index (χ3v) is 9.93. The number of hydrogen-bond acceptors (Lipinski definition) is 4. The fourth-order valence-electron chi connectivity index (χ4n) is 7.32. The van der Waals surface area contributed by atoms with Gasteiger partial charge in [0.15, 0.2) is 11.9 Å². The zero-order valence-electron chi connectivity index (χ0n) is 26.4. The predicted molar refractivity (Wildman–Crippen MR) is 192 cm³/mol. The lowest BCUT2D eigenvalue weighted by molar-refractivity contribution is -0.0342. The SMILES string of the molecule is C=C1NC2C=CC(c3ccc4cc(-c5ccc6c(c5)C(C)(C)c5cc(-c7ccncc7)ccc5-6)ccc4c3)=CN2Oc2ccccc21. The number of rotatable bonds is 3. The van der Waals surface area contributed by atoms with Crippen molar-refractivity contribution in [2.45, 2.75) is 25.4 Å². The summed E-state index contributed by atoms with van der Waals surface area (Å²) in [6.07, 6.45) is 9.92. The molecule has 1 N–H and O–H groups in total. The standard InChI is InChI=1S/C43H33N3O/c1-27-36-6-4-5-7-41(36)47-46-26-35(14-17-42(46)45-27)32-11-10-29-22-31(9-8-30(29)23-32)34-13-16-38-37-15-12-33(28-18-20-44-21-19-28)24-39(37)43(2,3)40(38)25-34/h4-26,42,45H,1H2,2-3H3. The zero-order chi connectivity index (χ0) is 31.7. The van der Waals surface area contributed by atoms with Crippen LogP contribution in [-0.4, -0.2) is 16.2 Å². The van der Waals surface area contributed by atoms with E-state index >= 15 is 0 Å². The summed E-state index contributed by atoms with van der Waals surface area (Å²) >= 11 is 0. The first-order valence-electron chi connectivity index (χ1n) is 16.1. The molecule has 1 atom stereocenters. The molecule has 47 heavy (non-hydrogen) atoms. The molecule has 0 saturated heterocycles. The van der Waals surface area contributed by atoms with Crippen LogP contribution in [-0.2, 0) is 5.41 Å². The number of benzene rings is 5. The van der Waals surface area contributed by atoms with E-state index in [0.717, 1.165) is 28.1 Å². The Bertz CT molecular complexity index is 2310. The Morgan fingerprint density at radius 1 is 0.681 bits per heavy atom. The van der Waals surface area contributed by atoms with E-state index in [1.54, 1.807) is 0 Å². The van der Waals surface area contributed by atoms with Crippen LogP contribution in [0.1, 0.15) is 36.1 Å². The van der Waals surface area contributed by atoms with Crippen LogP contribution >= 0.6 is 0 Å². The number of hydrogen-bond donors (Lipinski definition) is 1. The van der Waals surface area contributed by atoms with Gasteiger partial charge >= 0.3 is 0 Å². The molecule has 0 bridgehead atoms. The van der Waals surface area contributed by atoms with Gasteiger partial charge < -0.3 is 10.2 Å². The summed E-state index contributed by atoms with van der Waals surface area (Å²) in [5.74, 6) is 0.790. The summed E-state index contributed by atoms with van der Waals surface area (Å²) in [5, 5.41) is 7.75. The number of pyridine rings is 1. The summed E-state index contributed by atoms with van der Waals surface area (Å²) in [4.78, 5) is 10.5. The maximum Gasteiger partial charge on any atom is 0.164 e. The highest BCUT2D eigenvalue weighted by Gasteiger charge is 2.36. The van der Waals surface area contributed by atoms with Gasteiger partial charge in [-0.3, -0.25) is 4.98 Å². The minimum atomic E-state index is -0.129. The van der Waals surface area contributed by atoms with Gasteiger partial charge in [-0.05, 0) is 115 Å². The second-order valence-electron chi connectivity index (χ2n) is 13.1. The number of hydroxylamine groups is 2. The van der Waals surface area contributed by atoms with E-state index in [4.69, 9.17) is 4.84 Å². The van der Waals surface area contributed by atoms with Crippen molar-refractivity contribution in [2.75, 3.05) is 0 Å². The summed E-state index contributed by atoms with van der Waals surface area (Å²) in [5.41, 5.74) is 14.2. The lowest BCUT2D eigenvalue weighted by Gasteiger charge is -2.29. The van der Waals surface area contributed by atoms with Gasteiger partial charge in [0.05, 0.1) is 0 Å². The molecule has 5 aromatic carbocycles. The highest BCUT2D eigenvalue weighted by molar-refractivity contribution is 5.92. The first-order chi connectivity index (χ1) is 22.9. The highest BCUT2D eigenvalue weighted by Crippen LogP contribution is 2.50. The van der Waals surface area contributed by atoms with Crippen molar-refractivity contribution in [3.63, 3.8) is 0 Å². The molecule has 1 unspecified atom stereocenters. The number of allylic oxidation sites excluding steroid dienone is 2. The lowest BCUT2D eigenvalue weighted by Crippen LogP contribution is -2.41. The van der Waals surface area contributed by atoms with Gasteiger partial charge in [-0.1, -0.05) is 87.2 Å². The molecule has 0 spiro atoms. The highest BCUT2D eigenvalue weighted by atomic mass is 16.7. The maximum absolute atomic E-state index is 6.31. The monoisotopic (exact) mass is 607 g/mol. The Morgan fingerprint density at radius 2 is 1.30 bits per heavy atom. The average Bonchev–Trinajstić information content (AvgIpc) is 3.23. The van der Waals surface area contributed by atoms with E-state index in [-0.39, 0.29) is 11.6 Å². The van der Waals surface area contributed by atoms with E-state index in [1.165, 1.54) is 55.3 Å². The zero-order valence-corrected chi connectivity index (χ0v) is 26.4. The molecule has 9 rings (SSSR count). The van der Waals surface area contributed by atoms with Crippen LogP contribution in [0, 0.1) is 0 Å². The van der Waals surface area contributed by atoms with Crippen LogP contribution in [0.4, 0.5) is 0 Å². The molecular weight excluding hydrogens is 574 g/mol. The van der Waals surface area contributed by atoms with Gasteiger partial charge in [-0.2, -0.15) is 5.06 Å². The Morgan fingerprint density at radius 3 is 2.04 bits per heavy atom. The third kappa shape index (κ3) is 4.48. The second-order valence-corrected chi connectivity index (χ2v) is 13.1. The molecule has 0 fully saturated rings. The van der Waals surface area contributed by atoms with Crippen LogP contribution in [0.25, 0.3) is 55.4 Å². The van der Waals surface area contributed by atoms with E-state index in [0.29, 0.717) is 0 Å². The third-order valence-electron chi connectivity index (χ3n) is 9.93. The number of nitrogens with one attached hydrogen (secondary N) is 1. The summed E-state index contributed by atoms with van der Waals surface area (Å²) in [6.45, 7) is 8.91. The lowest BCUT2D eigenvalue weighted by atomic mass is 9.81. The first kappa shape index (κ1) is 27.4. The van der Waals surface area contributed by atoms with Crippen LogP contribution in [0.2, 0.25) is 0 Å². The predicted octanol–water partition coefficient (Wildman–Crippen LogP) is 9.98. The van der Waals surface area contributed by atoms with Crippen molar-refractivity contribution in [1.29, 1.82) is 0 Å². The van der Waals surface area contributed by atoms with Crippen LogP contribution < -0.4 is 10.2 Å². The van der Waals surface area contributed by atoms with Gasteiger partial charge in [0.25, 0.3) is 0 Å². The average molecular weight is 608 g/mol. The molecule has 6 aromatic rings. The Balaban J connectivity index is 1.01. The molecule has 226 valence electrons. The van der Waals surface area contributed by atoms with Crippen molar-refractivity contribution >= 4 is 22.0 Å². The van der Waals surface area contributed by atoms with Gasteiger partial charge in [-0.15, -0.1) is 0 Å². The van der Waals surface area contributed by atoms with Crippen molar-refractivity contribution < 1.29 is 4.84 Å². The molecule has 1 aromatic heterocycles. The summed E-state index contributed by atoms with van der Waals surface area (Å²) in [7, 11) is 0. The Kier molecular flexibility index (Phi) is 6.03. The van der Waals surface area contributed by atoms with Crippen LogP contribution in [0.15, 0.2) is 147 Å². The summed E-state index contributed by atoms with van der Waals surface area (Å²) < 4.78 is 0. The first-order valence-corrected chi connectivity index (χ1v) is 16.1. The maximum atomic E-state index is 6.31.